The Morgan fingerprint density at radius 2 is 2.00 bits per heavy atom. The van der Waals surface area contributed by atoms with Gasteiger partial charge in [-0.2, -0.15) is 5.10 Å². The van der Waals surface area contributed by atoms with Gasteiger partial charge in [-0.05, 0) is 25.9 Å². The highest BCUT2D eigenvalue weighted by Crippen LogP contribution is 2.15. The Balaban J connectivity index is 2.62. The first-order valence-electron chi connectivity index (χ1n) is 4.67. The van der Waals surface area contributed by atoms with Gasteiger partial charge in [0.2, 0.25) is 0 Å². The number of amidine groups is 1. The van der Waals surface area contributed by atoms with E-state index in [-0.39, 0.29) is 0 Å². The Bertz CT molecular complexity index is 192. The molecule has 1 saturated heterocycles. The molecule has 13 heavy (non-hydrogen) atoms. The number of piperidine rings is 1. The van der Waals surface area contributed by atoms with E-state index < -0.39 is 0 Å². The van der Waals surface area contributed by atoms with E-state index >= 15 is 0 Å². The van der Waals surface area contributed by atoms with Crippen LogP contribution in [0.3, 0.4) is 0 Å². The standard InChI is InChI=1S/C9H18N4/c1-10-12-9(13(2)3)8-4-6-11-7-5-8/h8,11H,1,4-7H2,2-3H3/b12-9-. The van der Waals surface area contributed by atoms with E-state index in [9.17, 15) is 0 Å². The van der Waals surface area contributed by atoms with Crippen molar-refractivity contribution in [2.75, 3.05) is 27.2 Å². The van der Waals surface area contributed by atoms with Crippen LogP contribution in [0, 0.1) is 5.92 Å². The molecule has 4 heteroatoms. The van der Waals surface area contributed by atoms with Crippen molar-refractivity contribution in [3.8, 4) is 0 Å². The molecule has 0 aromatic rings. The second kappa shape index (κ2) is 4.97. The van der Waals surface area contributed by atoms with Crippen LogP contribution < -0.4 is 5.32 Å². The van der Waals surface area contributed by atoms with Crippen molar-refractivity contribution in [2.24, 2.45) is 16.1 Å². The third kappa shape index (κ3) is 2.81. The van der Waals surface area contributed by atoms with Crippen LogP contribution in [-0.2, 0) is 0 Å². The molecule has 1 aliphatic heterocycles. The first-order chi connectivity index (χ1) is 6.25. The van der Waals surface area contributed by atoms with E-state index in [1.807, 2.05) is 19.0 Å². The highest BCUT2D eigenvalue weighted by Gasteiger charge is 2.20. The summed E-state index contributed by atoms with van der Waals surface area (Å²) in [6, 6.07) is 0. The fraction of sp³-hybridized carbons (Fsp3) is 0.778. The molecule has 74 valence electrons. The number of rotatable bonds is 2. The summed E-state index contributed by atoms with van der Waals surface area (Å²) in [4.78, 5) is 2.03. The minimum Gasteiger partial charge on any atom is -0.364 e. The fourth-order valence-corrected chi connectivity index (χ4v) is 1.69. The molecule has 0 unspecified atom stereocenters. The summed E-state index contributed by atoms with van der Waals surface area (Å²) in [7, 11) is 4.01. The second-order valence-corrected chi connectivity index (χ2v) is 3.52. The molecule has 0 radical (unpaired) electrons. The van der Waals surface area contributed by atoms with Gasteiger partial charge in [-0.25, -0.2) is 0 Å². The summed E-state index contributed by atoms with van der Waals surface area (Å²) in [6.45, 7) is 5.55. The summed E-state index contributed by atoms with van der Waals surface area (Å²) in [6.07, 6.45) is 2.29. The van der Waals surface area contributed by atoms with Gasteiger partial charge in [-0.1, -0.05) is 0 Å². The van der Waals surface area contributed by atoms with Gasteiger partial charge in [0.1, 0.15) is 5.84 Å². The molecule has 1 heterocycles. The third-order valence-corrected chi connectivity index (χ3v) is 2.34. The predicted molar refractivity (Wildman–Crippen MR) is 56.3 cm³/mol. The lowest BCUT2D eigenvalue weighted by Gasteiger charge is -2.27. The average Bonchev–Trinajstić information content (AvgIpc) is 2.15. The van der Waals surface area contributed by atoms with Crippen molar-refractivity contribution in [1.82, 2.24) is 10.2 Å². The lowest BCUT2D eigenvalue weighted by atomic mass is 9.96. The SMILES string of the molecule is C=N/N=C(/C1CCNCC1)N(C)C. The number of nitrogens with one attached hydrogen (secondary N) is 1. The molecule has 0 atom stereocenters. The van der Waals surface area contributed by atoms with Crippen molar-refractivity contribution in [3.63, 3.8) is 0 Å². The molecular weight excluding hydrogens is 164 g/mol. The summed E-state index contributed by atoms with van der Waals surface area (Å²) < 4.78 is 0. The molecule has 0 aromatic carbocycles. The highest BCUT2D eigenvalue weighted by atomic mass is 15.3. The van der Waals surface area contributed by atoms with Gasteiger partial charge in [-0.3, -0.25) is 0 Å². The molecule has 0 saturated carbocycles. The van der Waals surface area contributed by atoms with Crippen molar-refractivity contribution >= 4 is 12.6 Å². The van der Waals surface area contributed by atoms with Gasteiger partial charge in [0.05, 0.1) is 0 Å². The van der Waals surface area contributed by atoms with Crippen LogP contribution in [0.5, 0.6) is 0 Å². The zero-order valence-corrected chi connectivity index (χ0v) is 8.45. The minimum atomic E-state index is 0.543. The van der Waals surface area contributed by atoms with E-state index in [1.54, 1.807) is 0 Å². The van der Waals surface area contributed by atoms with Crippen LogP contribution in [-0.4, -0.2) is 44.6 Å². The molecule has 1 N–H and O–H groups in total. The third-order valence-electron chi connectivity index (χ3n) is 2.34. The lowest BCUT2D eigenvalue weighted by Crippen LogP contribution is -2.37. The maximum Gasteiger partial charge on any atom is 0.130 e. The molecule has 0 aromatic heterocycles. The summed E-state index contributed by atoms with van der Waals surface area (Å²) in [5.41, 5.74) is 0. The van der Waals surface area contributed by atoms with Crippen molar-refractivity contribution in [2.45, 2.75) is 12.8 Å². The Morgan fingerprint density at radius 3 is 2.46 bits per heavy atom. The van der Waals surface area contributed by atoms with Crippen molar-refractivity contribution in [1.29, 1.82) is 0 Å². The highest BCUT2D eigenvalue weighted by molar-refractivity contribution is 5.84. The molecule has 4 nitrogen and oxygen atoms in total. The van der Waals surface area contributed by atoms with Gasteiger partial charge in [0.25, 0.3) is 0 Å². The maximum atomic E-state index is 4.08. The molecule has 0 aliphatic carbocycles. The van der Waals surface area contributed by atoms with E-state index in [4.69, 9.17) is 0 Å². The van der Waals surface area contributed by atoms with E-state index in [0.29, 0.717) is 5.92 Å². The molecule has 1 aliphatic rings. The van der Waals surface area contributed by atoms with Crippen LogP contribution in [0.25, 0.3) is 0 Å². The molecule has 1 fully saturated rings. The summed E-state index contributed by atoms with van der Waals surface area (Å²) in [5.74, 6) is 1.60. The first-order valence-corrected chi connectivity index (χ1v) is 4.67. The Labute approximate surface area is 79.7 Å². The zero-order valence-electron chi connectivity index (χ0n) is 8.45. The van der Waals surface area contributed by atoms with E-state index in [0.717, 1.165) is 31.8 Å². The van der Waals surface area contributed by atoms with Gasteiger partial charge in [0.15, 0.2) is 0 Å². The van der Waals surface area contributed by atoms with E-state index in [2.05, 4.69) is 22.2 Å². The molecule has 1 rings (SSSR count). The van der Waals surface area contributed by atoms with Crippen LogP contribution in [0.15, 0.2) is 10.2 Å². The second-order valence-electron chi connectivity index (χ2n) is 3.52. The molecule has 0 spiro atoms. The number of nitrogens with zero attached hydrogens (tertiary/aromatic N) is 3. The average molecular weight is 182 g/mol. The largest absolute Gasteiger partial charge is 0.364 e. The normalized spacial score (nSPS) is 20.0. The van der Waals surface area contributed by atoms with Crippen LogP contribution >= 0.6 is 0 Å². The minimum absolute atomic E-state index is 0.543. The predicted octanol–water partition coefficient (Wildman–Crippen LogP) is 0.562. The number of hydrogen-bond acceptors (Lipinski definition) is 3. The monoisotopic (exact) mass is 182 g/mol. The van der Waals surface area contributed by atoms with Crippen LogP contribution in [0.1, 0.15) is 12.8 Å². The Kier molecular flexibility index (Phi) is 3.89. The topological polar surface area (TPSA) is 40.0 Å². The van der Waals surface area contributed by atoms with Gasteiger partial charge >= 0.3 is 0 Å². The smallest absolute Gasteiger partial charge is 0.130 e. The molecular formula is C9H18N4. The van der Waals surface area contributed by atoms with Crippen molar-refractivity contribution < 1.29 is 0 Å². The van der Waals surface area contributed by atoms with Crippen LogP contribution in [0.2, 0.25) is 0 Å². The van der Waals surface area contributed by atoms with Gasteiger partial charge in [0, 0.05) is 26.7 Å². The quantitative estimate of drug-likeness (QED) is 0.385. The Morgan fingerprint density at radius 1 is 1.38 bits per heavy atom. The zero-order chi connectivity index (χ0) is 9.68. The van der Waals surface area contributed by atoms with E-state index in [1.165, 1.54) is 0 Å². The summed E-state index contributed by atoms with van der Waals surface area (Å²) in [5, 5.41) is 11.0. The Hall–Kier alpha value is -0.900. The fourth-order valence-electron chi connectivity index (χ4n) is 1.69. The van der Waals surface area contributed by atoms with Crippen molar-refractivity contribution in [3.05, 3.63) is 0 Å². The maximum absolute atomic E-state index is 4.08. The summed E-state index contributed by atoms with van der Waals surface area (Å²) >= 11 is 0. The van der Waals surface area contributed by atoms with Gasteiger partial charge in [-0.15, -0.1) is 5.10 Å². The van der Waals surface area contributed by atoms with Gasteiger partial charge < -0.3 is 10.2 Å². The number of hydrogen-bond donors (Lipinski definition) is 1. The first kappa shape index (κ1) is 10.2. The lowest BCUT2D eigenvalue weighted by molar-refractivity contribution is 0.421. The molecule has 0 bridgehead atoms. The molecule has 0 amide bonds. The van der Waals surface area contributed by atoms with Crippen LogP contribution in [0.4, 0.5) is 0 Å².